The molecule has 0 radical (unpaired) electrons. The minimum atomic E-state index is -3.73. The van der Waals surface area contributed by atoms with E-state index in [2.05, 4.69) is 4.72 Å². The number of unbranched alkanes of at least 4 members (excludes halogenated alkanes) is 2. The van der Waals surface area contributed by atoms with E-state index in [-0.39, 0.29) is 23.6 Å². The zero-order valence-electron chi connectivity index (χ0n) is 12.2. The van der Waals surface area contributed by atoms with Gasteiger partial charge in [0.15, 0.2) is 0 Å². The number of carbonyl (C=O) groups is 1. The molecule has 0 unspecified atom stereocenters. The monoisotopic (exact) mass is 315 g/mol. The minimum Gasteiger partial charge on any atom is -0.478 e. The molecule has 21 heavy (non-hydrogen) atoms. The number of nitrogens with one attached hydrogen (secondary N) is 1. The fourth-order valence-electron chi connectivity index (χ4n) is 2.05. The maximum absolute atomic E-state index is 12.2. The Balaban J connectivity index is 2.92. The van der Waals surface area contributed by atoms with Crippen molar-refractivity contribution in [2.24, 2.45) is 0 Å². The van der Waals surface area contributed by atoms with Crippen LogP contribution in [0.3, 0.4) is 0 Å². The van der Waals surface area contributed by atoms with Crippen molar-refractivity contribution in [3.05, 3.63) is 28.8 Å². The van der Waals surface area contributed by atoms with Crippen molar-refractivity contribution < 1.29 is 23.4 Å². The molecule has 1 aromatic carbocycles. The van der Waals surface area contributed by atoms with Gasteiger partial charge in [0.05, 0.1) is 10.5 Å². The van der Waals surface area contributed by atoms with Crippen molar-refractivity contribution in [1.29, 1.82) is 0 Å². The number of rotatable bonds is 8. The normalized spacial score (nSPS) is 11.6. The van der Waals surface area contributed by atoms with Gasteiger partial charge in [-0.25, -0.2) is 17.9 Å². The largest absolute Gasteiger partial charge is 0.478 e. The van der Waals surface area contributed by atoms with Gasteiger partial charge in [-0.1, -0.05) is 6.07 Å². The quantitative estimate of drug-likeness (QED) is 0.630. The Morgan fingerprint density at radius 3 is 2.38 bits per heavy atom. The number of hydrogen-bond acceptors (Lipinski definition) is 4. The summed E-state index contributed by atoms with van der Waals surface area (Å²) in [4.78, 5) is 11.1. The summed E-state index contributed by atoms with van der Waals surface area (Å²) in [5.74, 6) is -1.15. The highest BCUT2D eigenvalue weighted by Crippen LogP contribution is 2.20. The summed E-state index contributed by atoms with van der Waals surface area (Å²) in [6.07, 6.45) is 1.98. The molecule has 6 nitrogen and oxygen atoms in total. The molecule has 0 saturated carbocycles. The van der Waals surface area contributed by atoms with E-state index in [0.29, 0.717) is 24.0 Å². The lowest BCUT2D eigenvalue weighted by Crippen LogP contribution is -2.26. The van der Waals surface area contributed by atoms with E-state index < -0.39 is 16.0 Å². The Kier molecular flexibility index (Phi) is 6.32. The zero-order chi connectivity index (χ0) is 16.0. The summed E-state index contributed by atoms with van der Waals surface area (Å²) >= 11 is 0. The number of hydrogen-bond donors (Lipinski definition) is 3. The molecule has 0 atom stereocenters. The third kappa shape index (κ3) is 4.80. The average Bonchev–Trinajstić information content (AvgIpc) is 2.37. The van der Waals surface area contributed by atoms with E-state index in [1.54, 1.807) is 19.9 Å². The van der Waals surface area contributed by atoms with Crippen LogP contribution in [0.25, 0.3) is 0 Å². The smallest absolute Gasteiger partial charge is 0.335 e. The second kappa shape index (κ2) is 7.53. The van der Waals surface area contributed by atoms with Crippen LogP contribution in [0.5, 0.6) is 0 Å². The number of aromatic carboxylic acids is 1. The van der Waals surface area contributed by atoms with Crippen LogP contribution in [-0.2, 0) is 10.0 Å². The molecule has 0 amide bonds. The molecule has 0 aliphatic carbocycles. The fraction of sp³-hybridized carbons (Fsp3) is 0.500. The first-order valence-corrected chi connectivity index (χ1v) is 8.23. The number of aryl methyl sites for hydroxylation is 2. The Hall–Kier alpha value is -1.44. The first-order valence-electron chi connectivity index (χ1n) is 6.74. The van der Waals surface area contributed by atoms with Crippen molar-refractivity contribution in [3.63, 3.8) is 0 Å². The summed E-state index contributed by atoms with van der Waals surface area (Å²) in [6, 6.07) is 2.76. The van der Waals surface area contributed by atoms with E-state index in [0.717, 1.165) is 6.42 Å². The first kappa shape index (κ1) is 17.6. The third-order valence-corrected chi connectivity index (χ3v) is 4.77. The predicted molar refractivity (Wildman–Crippen MR) is 79.0 cm³/mol. The van der Waals surface area contributed by atoms with Crippen LogP contribution in [0.2, 0.25) is 0 Å². The Morgan fingerprint density at radius 2 is 1.81 bits per heavy atom. The van der Waals surface area contributed by atoms with Crippen LogP contribution < -0.4 is 4.72 Å². The van der Waals surface area contributed by atoms with Crippen LogP contribution in [0.1, 0.15) is 40.7 Å². The lowest BCUT2D eigenvalue weighted by atomic mass is 10.1. The molecule has 0 bridgehead atoms. The molecule has 1 aromatic rings. The van der Waals surface area contributed by atoms with Crippen molar-refractivity contribution in [2.75, 3.05) is 13.2 Å². The third-order valence-electron chi connectivity index (χ3n) is 3.17. The Bertz CT molecular complexity index is 610. The summed E-state index contributed by atoms with van der Waals surface area (Å²) < 4.78 is 26.9. The lowest BCUT2D eigenvalue weighted by Gasteiger charge is -2.12. The molecule has 0 heterocycles. The van der Waals surface area contributed by atoms with E-state index in [1.165, 1.54) is 6.07 Å². The van der Waals surface area contributed by atoms with Gasteiger partial charge >= 0.3 is 5.97 Å². The number of carboxylic acid groups (broad SMARTS) is 1. The Labute approximate surface area is 124 Å². The maximum atomic E-state index is 12.2. The van der Waals surface area contributed by atoms with E-state index in [9.17, 15) is 13.2 Å². The van der Waals surface area contributed by atoms with Crippen molar-refractivity contribution in [2.45, 2.75) is 38.0 Å². The molecule has 1 rings (SSSR count). The van der Waals surface area contributed by atoms with Gasteiger partial charge in [-0.15, -0.1) is 0 Å². The van der Waals surface area contributed by atoms with Crippen molar-refractivity contribution in [3.8, 4) is 0 Å². The molecule has 0 aliphatic heterocycles. The molecule has 0 fully saturated rings. The van der Waals surface area contributed by atoms with Crippen LogP contribution in [-0.4, -0.2) is 37.8 Å². The van der Waals surface area contributed by atoms with E-state index in [1.807, 2.05) is 0 Å². The number of benzene rings is 1. The van der Waals surface area contributed by atoms with Crippen LogP contribution >= 0.6 is 0 Å². The highest BCUT2D eigenvalue weighted by Gasteiger charge is 2.20. The SMILES string of the molecule is Cc1cc(C)c(S(=O)(=O)NCCCCCO)cc1C(=O)O. The van der Waals surface area contributed by atoms with Gasteiger partial charge in [0, 0.05) is 13.2 Å². The standard InChI is InChI=1S/C14H21NO5S/c1-10-8-11(2)13(9-12(10)14(17)18)21(19,20)15-6-4-3-5-7-16/h8-9,15-16H,3-7H2,1-2H3,(H,17,18). The highest BCUT2D eigenvalue weighted by atomic mass is 32.2. The average molecular weight is 315 g/mol. The van der Waals surface area contributed by atoms with E-state index >= 15 is 0 Å². The molecule has 0 aliphatic rings. The number of aliphatic hydroxyl groups is 1. The lowest BCUT2D eigenvalue weighted by molar-refractivity contribution is 0.0696. The maximum Gasteiger partial charge on any atom is 0.335 e. The number of carboxylic acids is 1. The molecule has 0 aromatic heterocycles. The van der Waals surface area contributed by atoms with Gasteiger partial charge in [0.2, 0.25) is 10.0 Å². The minimum absolute atomic E-state index is 0.00680. The topological polar surface area (TPSA) is 104 Å². The van der Waals surface area contributed by atoms with Gasteiger partial charge in [0.25, 0.3) is 0 Å². The van der Waals surface area contributed by atoms with Gasteiger partial charge in [-0.3, -0.25) is 0 Å². The Morgan fingerprint density at radius 1 is 1.14 bits per heavy atom. The van der Waals surface area contributed by atoms with E-state index in [4.69, 9.17) is 10.2 Å². The molecule has 0 spiro atoms. The van der Waals surface area contributed by atoms with Gasteiger partial charge in [-0.05, 0) is 50.3 Å². The summed E-state index contributed by atoms with van der Waals surface area (Å²) in [6.45, 7) is 3.62. The zero-order valence-corrected chi connectivity index (χ0v) is 13.0. The molecule has 118 valence electrons. The van der Waals surface area contributed by atoms with Crippen LogP contribution in [0.4, 0.5) is 0 Å². The second-order valence-corrected chi connectivity index (χ2v) is 6.66. The number of sulfonamides is 1. The van der Waals surface area contributed by atoms with Gasteiger partial charge in [-0.2, -0.15) is 0 Å². The first-order chi connectivity index (χ1) is 9.79. The fourth-order valence-corrected chi connectivity index (χ4v) is 3.37. The van der Waals surface area contributed by atoms with Crippen LogP contribution in [0, 0.1) is 13.8 Å². The molecular formula is C14H21NO5S. The molecule has 7 heteroatoms. The van der Waals surface area contributed by atoms with Crippen molar-refractivity contribution >= 4 is 16.0 Å². The molecule has 0 saturated heterocycles. The van der Waals surface area contributed by atoms with Crippen molar-refractivity contribution in [1.82, 2.24) is 4.72 Å². The predicted octanol–water partition coefficient (Wildman–Crippen LogP) is 1.44. The second-order valence-electron chi connectivity index (χ2n) is 4.92. The summed E-state index contributed by atoms with van der Waals surface area (Å²) in [5, 5.41) is 17.7. The van der Waals surface area contributed by atoms with Gasteiger partial charge in [0.1, 0.15) is 0 Å². The molecule has 3 N–H and O–H groups in total. The van der Waals surface area contributed by atoms with Crippen LogP contribution in [0.15, 0.2) is 17.0 Å². The highest BCUT2D eigenvalue weighted by molar-refractivity contribution is 7.89. The summed E-state index contributed by atoms with van der Waals surface area (Å²) in [5.41, 5.74) is 1.03. The summed E-state index contributed by atoms with van der Waals surface area (Å²) in [7, 11) is -3.73. The number of aliphatic hydroxyl groups excluding tert-OH is 1. The molecular weight excluding hydrogens is 294 g/mol. The van der Waals surface area contributed by atoms with Gasteiger partial charge < -0.3 is 10.2 Å².